The average molecular weight is 292 g/mol. The number of rotatable bonds is 6. The maximum atomic E-state index is 10.2. The molecule has 1 aromatic carbocycles. The molecule has 0 saturated carbocycles. The van der Waals surface area contributed by atoms with E-state index >= 15 is 0 Å². The van der Waals surface area contributed by atoms with Crippen LogP contribution in [0.5, 0.6) is 5.75 Å². The Balaban J connectivity index is 1.73. The predicted octanol–water partition coefficient (Wildman–Crippen LogP) is 1.68. The lowest BCUT2D eigenvalue weighted by atomic mass is 10.1. The van der Waals surface area contributed by atoms with Gasteiger partial charge in [0.1, 0.15) is 18.5 Å². The van der Waals surface area contributed by atoms with Crippen molar-refractivity contribution in [2.45, 2.75) is 26.9 Å². The highest BCUT2D eigenvalue weighted by Gasteiger charge is 2.18. The second-order valence-corrected chi connectivity index (χ2v) is 5.97. The third-order valence-corrected chi connectivity index (χ3v) is 4.14. The number of likely N-dealkylation sites (N-methyl/N-ethyl adjacent to an activating group) is 1. The van der Waals surface area contributed by atoms with Crippen LogP contribution in [-0.2, 0) is 0 Å². The number of benzene rings is 1. The summed E-state index contributed by atoms with van der Waals surface area (Å²) < 4.78 is 5.75. The van der Waals surface area contributed by atoms with E-state index in [9.17, 15) is 5.11 Å². The topological polar surface area (TPSA) is 35.9 Å². The largest absolute Gasteiger partial charge is 0.491 e. The first kappa shape index (κ1) is 16.3. The van der Waals surface area contributed by atoms with Gasteiger partial charge in [0.05, 0.1) is 0 Å². The van der Waals surface area contributed by atoms with Gasteiger partial charge in [-0.2, -0.15) is 0 Å². The van der Waals surface area contributed by atoms with Gasteiger partial charge in [-0.15, -0.1) is 0 Å². The van der Waals surface area contributed by atoms with Gasteiger partial charge in [-0.05, 0) is 32.0 Å². The molecule has 21 heavy (non-hydrogen) atoms. The Morgan fingerprint density at radius 3 is 2.43 bits per heavy atom. The van der Waals surface area contributed by atoms with Crippen molar-refractivity contribution in [1.29, 1.82) is 0 Å². The fourth-order valence-electron chi connectivity index (χ4n) is 2.79. The van der Waals surface area contributed by atoms with Crippen LogP contribution < -0.4 is 4.74 Å². The van der Waals surface area contributed by atoms with E-state index in [0.717, 1.165) is 44.0 Å². The summed E-state index contributed by atoms with van der Waals surface area (Å²) in [5.41, 5.74) is 2.35. The summed E-state index contributed by atoms with van der Waals surface area (Å²) in [7, 11) is 0. The first-order valence-electron chi connectivity index (χ1n) is 7.91. The predicted molar refractivity (Wildman–Crippen MR) is 86.0 cm³/mol. The van der Waals surface area contributed by atoms with Crippen molar-refractivity contribution in [3.8, 4) is 5.75 Å². The lowest BCUT2D eigenvalue weighted by Gasteiger charge is -2.34. The molecular weight excluding hydrogens is 264 g/mol. The summed E-state index contributed by atoms with van der Waals surface area (Å²) in [5.74, 6) is 0.871. The van der Waals surface area contributed by atoms with Gasteiger partial charge in [0.25, 0.3) is 0 Å². The van der Waals surface area contributed by atoms with E-state index < -0.39 is 6.10 Å². The summed E-state index contributed by atoms with van der Waals surface area (Å²) in [5, 5.41) is 10.2. The Bertz CT molecular complexity index is 442. The maximum absolute atomic E-state index is 10.2. The van der Waals surface area contributed by atoms with Gasteiger partial charge in [0.15, 0.2) is 0 Å². The number of aliphatic hydroxyl groups is 1. The number of piperazine rings is 1. The summed E-state index contributed by atoms with van der Waals surface area (Å²) in [6.45, 7) is 12.8. The van der Waals surface area contributed by atoms with E-state index in [1.807, 2.05) is 19.1 Å². The molecule has 0 spiro atoms. The molecule has 1 aliphatic heterocycles. The van der Waals surface area contributed by atoms with E-state index in [-0.39, 0.29) is 0 Å². The molecule has 2 rings (SSSR count). The van der Waals surface area contributed by atoms with Crippen LogP contribution in [0, 0.1) is 13.8 Å². The molecule has 0 radical (unpaired) electrons. The Kier molecular flexibility index (Phi) is 6.03. The number of nitrogens with zero attached hydrogens (tertiary/aromatic N) is 2. The minimum absolute atomic E-state index is 0.359. The Hall–Kier alpha value is -1.10. The van der Waals surface area contributed by atoms with Gasteiger partial charge >= 0.3 is 0 Å². The summed E-state index contributed by atoms with van der Waals surface area (Å²) in [4.78, 5) is 4.76. The second kappa shape index (κ2) is 7.78. The quantitative estimate of drug-likeness (QED) is 0.865. The lowest BCUT2D eigenvalue weighted by molar-refractivity contribution is 0.0469. The molecule has 0 aliphatic carbocycles. The number of hydrogen-bond acceptors (Lipinski definition) is 4. The van der Waals surface area contributed by atoms with E-state index in [0.29, 0.717) is 13.2 Å². The van der Waals surface area contributed by atoms with Crippen molar-refractivity contribution in [3.05, 3.63) is 29.3 Å². The Morgan fingerprint density at radius 1 is 1.14 bits per heavy atom. The van der Waals surface area contributed by atoms with Crippen molar-refractivity contribution < 1.29 is 9.84 Å². The highest BCUT2D eigenvalue weighted by Crippen LogP contribution is 2.18. The third-order valence-electron chi connectivity index (χ3n) is 4.14. The second-order valence-electron chi connectivity index (χ2n) is 5.97. The number of aryl methyl sites for hydroxylation is 2. The minimum atomic E-state index is -0.432. The molecule has 1 heterocycles. The molecule has 0 unspecified atom stereocenters. The number of β-amino-alcohol motifs (C(OH)–C–C–N with tert-alkyl or cyclic N) is 1. The number of ether oxygens (including phenoxy) is 1. The molecule has 1 atom stereocenters. The average Bonchev–Trinajstić information content (AvgIpc) is 2.47. The SMILES string of the molecule is CCN1CCN(C[C@@H](O)COc2ccc(C)cc2C)CC1. The van der Waals surface area contributed by atoms with Crippen LogP contribution in [0.25, 0.3) is 0 Å². The highest BCUT2D eigenvalue weighted by atomic mass is 16.5. The van der Waals surface area contributed by atoms with Crippen LogP contribution in [0.2, 0.25) is 0 Å². The first-order chi connectivity index (χ1) is 10.1. The molecule has 1 aromatic rings. The summed E-state index contributed by atoms with van der Waals surface area (Å²) in [6.07, 6.45) is -0.432. The summed E-state index contributed by atoms with van der Waals surface area (Å²) in [6, 6.07) is 6.13. The molecule has 118 valence electrons. The molecule has 0 amide bonds. The van der Waals surface area contributed by atoms with Gasteiger partial charge in [-0.1, -0.05) is 24.6 Å². The fourth-order valence-corrected chi connectivity index (χ4v) is 2.79. The Labute approximate surface area is 128 Å². The monoisotopic (exact) mass is 292 g/mol. The molecule has 0 bridgehead atoms. The molecule has 4 heteroatoms. The molecule has 1 aliphatic rings. The molecule has 0 aromatic heterocycles. The third kappa shape index (κ3) is 4.99. The van der Waals surface area contributed by atoms with Gasteiger partial charge in [-0.3, -0.25) is 4.90 Å². The standard InChI is InChI=1S/C17H28N2O2/c1-4-18-7-9-19(10-8-18)12-16(20)13-21-17-6-5-14(2)11-15(17)3/h5-6,11,16,20H,4,7-10,12-13H2,1-3H3/t16-/m1/s1. The highest BCUT2D eigenvalue weighted by molar-refractivity contribution is 5.35. The van der Waals surface area contributed by atoms with Crippen molar-refractivity contribution in [1.82, 2.24) is 9.80 Å². The van der Waals surface area contributed by atoms with Gasteiger partial charge < -0.3 is 14.7 Å². The number of hydrogen-bond donors (Lipinski definition) is 1. The number of aliphatic hydroxyl groups excluding tert-OH is 1. The van der Waals surface area contributed by atoms with E-state index in [4.69, 9.17) is 4.74 Å². The van der Waals surface area contributed by atoms with Gasteiger partial charge in [0.2, 0.25) is 0 Å². The normalized spacial score (nSPS) is 18.7. The maximum Gasteiger partial charge on any atom is 0.122 e. The van der Waals surface area contributed by atoms with Crippen molar-refractivity contribution in [2.75, 3.05) is 45.9 Å². The minimum Gasteiger partial charge on any atom is -0.491 e. The van der Waals surface area contributed by atoms with Crippen LogP contribution in [0.4, 0.5) is 0 Å². The zero-order valence-electron chi connectivity index (χ0n) is 13.5. The van der Waals surface area contributed by atoms with E-state index in [1.165, 1.54) is 5.56 Å². The molecular formula is C17H28N2O2. The summed E-state index contributed by atoms with van der Waals surface area (Å²) >= 11 is 0. The van der Waals surface area contributed by atoms with Crippen molar-refractivity contribution in [2.24, 2.45) is 0 Å². The van der Waals surface area contributed by atoms with Crippen LogP contribution in [0.3, 0.4) is 0 Å². The zero-order valence-corrected chi connectivity index (χ0v) is 13.5. The molecule has 1 saturated heterocycles. The molecule has 4 nitrogen and oxygen atoms in total. The Morgan fingerprint density at radius 2 is 1.81 bits per heavy atom. The lowest BCUT2D eigenvalue weighted by Crippen LogP contribution is -2.49. The van der Waals surface area contributed by atoms with Crippen molar-refractivity contribution in [3.63, 3.8) is 0 Å². The molecule has 1 fully saturated rings. The first-order valence-corrected chi connectivity index (χ1v) is 7.91. The van der Waals surface area contributed by atoms with Gasteiger partial charge in [0, 0.05) is 32.7 Å². The van der Waals surface area contributed by atoms with E-state index in [1.54, 1.807) is 0 Å². The van der Waals surface area contributed by atoms with Gasteiger partial charge in [-0.25, -0.2) is 0 Å². The van der Waals surface area contributed by atoms with Crippen LogP contribution >= 0.6 is 0 Å². The molecule has 1 N–H and O–H groups in total. The van der Waals surface area contributed by atoms with Crippen LogP contribution in [-0.4, -0.2) is 66.9 Å². The van der Waals surface area contributed by atoms with Crippen molar-refractivity contribution >= 4 is 0 Å². The smallest absolute Gasteiger partial charge is 0.122 e. The fraction of sp³-hybridized carbons (Fsp3) is 0.647. The zero-order chi connectivity index (χ0) is 15.2. The van der Waals surface area contributed by atoms with Crippen LogP contribution in [0.1, 0.15) is 18.1 Å². The van der Waals surface area contributed by atoms with Crippen LogP contribution in [0.15, 0.2) is 18.2 Å². The van der Waals surface area contributed by atoms with E-state index in [2.05, 4.69) is 29.7 Å².